The van der Waals surface area contributed by atoms with Crippen LogP contribution in [0.4, 0.5) is 0 Å². The number of nitrogens with two attached hydrogens (primary N) is 1. The predicted octanol–water partition coefficient (Wildman–Crippen LogP) is 1.39. The van der Waals surface area contributed by atoms with Crippen molar-refractivity contribution in [3.63, 3.8) is 0 Å². The predicted molar refractivity (Wildman–Crippen MR) is 106 cm³/mol. The minimum Gasteiger partial charge on any atom is -0.464 e. The SMILES string of the molecule is CCOC(=O)COC1CCN(C(=O)[C@H](C)OCc2ccc(C=NON)cc2)CC1. The fourth-order valence-electron chi connectivity index (χ4n) is 2.97. The van der Waals surface area contributed by atoms with E-state index in [1.54, 1.807) is 18.7 Å². The molecule has 0 radical (unpaired) electrons. The van der Waals surface area contributed by atoms with Crippen LogP contribution < -0.4 is 5.90 Å². The minimum atomic E-state index is -0.543. The molecule has 1 aliphatic rings. The van der Waals surface area contributed by atoms with E-state index in [4.69, 9.17) is 20.1 Å². The molecule has 29 heavy (non-hydrogen) atoms. The third-order valence-electron chi connectivity index (χ3n) is 4.59. The molecule has 0 saturated carbocycles. The Morgan fingerprint density at radius 1 is 1.28 bits per heavy atom. The van der Waals surface area contributed by atoms with Crippen LogP contribution in [0, 0.1) is 0 Å². The first-order valence-corrected chi connectivity index (χ1v) is 9.69. The number of amides is 1. The molecule has 1 heterocycles. The standard InChI is InChI=1S/C20H29N3O6/c1-3-26-19(24)14-28-18-8-10-23(11-9-18)20(25)15(2)27-13-17-6-4-16(5-7-17)12-22-29-21/h4-7,12,15,18H,3,8-11,13-14,21H2,1-2H3/t15-/m0/s1. The van der Waals surface area contributed by atoms with Gasteiger partial charge in [0.1, 0.15) is 12.7 Å². The summed E-state index contributed by atoms with van der Waals surface area (Å²) in [6, 6.07) is 7.49. The fraction of sp³-hybridized carbons (Fsp3) is 0.550. The second-order valence-electron chi connectivity index (χ2n) is 6.68. The number of carbonyl (C=O) groups excluding carboxylic acids is 2. The highest BCUT2D eigenvalue weighted by molar-refractivity contribution is 5.80. The zero-order valence-corrected chi connectivity index (χ0v) is 16.9. The van der Waals surface area contributed by atoms with Crippen molar-refractivity contribution in [1.29, 1.82) is 0 Å². The molecule has 1 atom stereocenters. The number of oxime groups is 1. The van der Waals surface area contributed by atoms with E-state index in [0.29, 0.717) is 39.1 Å². The molecule has 2 N–H and O–H groups in total. The number of hydrogen-bond acceptors (Lipinski definition) is 8. The van der Waals surface area contributed by atoms with Crippen molar-refractivity contribution < 1.29 is 28.7 Å². The summed E-state index contributed by atoms with van der Waals surface area (Å²) in [5.41, 5.74) is 1.79. The Balaban J connectivity index is 1.71. The van der Waals surface area contributed by atoms with Crippen molar-refractivity contribution in [2.24, 2.45) is 11.1 Å². The molecular formula is C20H29N3O6. The van der Waals surface area contributed by atoms with Gasteiger partial charge in [-0.3, -0.25) is 4.79 Å². The van der Waals surface area contributed by atoms with Crippen LogP contribution in [-0.2, 0) is 35.3 Å². The van der Waals surface area contributed by atoms with Crippen molar-refractivity contribution >= 4 is 18.1 Å². The highest BCUT2D eigenvalue weighted by atomic mass is 16.7. The molecule has 1 fully saturated rings. The fourth-order valence-corrected chi connectivity index (χ4v) is 2.97. The van der Waals surface area contributed by atoms with Gasteiger partial charge in [-0.2, -0.15) is 0 Å². The van der Waals surface area contributed by atoms with Gasteiger partial charge in [-0.25, -0.2) is 4.79 Å². The van der Waals surface area contributed by atoms with Gasteiger partial charge < -0.3 is 24.0 Å². The molecule has 1 aromatic rings. The van der Waals surface area contributed by atoms with Gasteiger partial charge in [-0.05, 0) is 37.8 Å². The molecule has 160 valence electrons. The largest absolute Gasteiger partial charge is 0.464 e. The Kier molecular flexibility index (Phi) is 9.55. The Morgan fingerprint density at radius 3 is 2.59 bits per heavy atom. The molecule has 0 bridgehead atoms. The molecule has 0 aliphatic carbocycles. The lowest BCUT2D eigenvalue weighted by atomic mass is 10.1. The van der Waals surface area contributed by atoms with Crippen LogP contribution in [0.2, 0.25) is 0 Å². The Morgan fingerprint density at radius 2 is 1.97 bits per heavy atom. The average Bonchev–Trinajstić information content (AvgIpc) is 2.75. The monoisotopic (exact) mass is 407 g/mol. The third kappa shape index (κ3) is 7.80. The van der Waals surface area contributed by atoms with Crippen LogP contribution in [0.15, 0.2) is 29.4 Å². The van der Waals surface area contributed by atoms with Gasteiger partial charge in [0.05, 0.1) is 25.5 Å². The molecular weight excluding hydrogens is 378 g/mol. The Labute approximate surface area is 170 Å². The van der Waals surface area contributed by atoms with Crippen molar-refractivity contribution in [2.45, 2.75) is 45.5 Å². The highest BCUT2D eigenvalue weighted by Crippen LogP contribution is 2.16. The van der Waals surface area contributed by atoms with Crippen LogP contribution in [0.1, 0.15) is 37.8 Å². The number of carbonyl (C=O) groups is 2. The summed E-state index contributed by atoms with van der Waals surface area (Å²) in [7, 11) is 0. The lowest BCUT2D eigenvalue weighted by Crippen LogP contribution is -2.45. The summed E-state index contributed by atoms with van der Waals surface area (Å²) in [5.74, 6) is 4.44. The van der Waals surface area contributed by atoms with E-state index in [1.165, 1.54) is 6.21 Å². The number of esters is 1. The Hall–Kier alpha value is -2.49. The van der Waals surface area contributed by atoms with E-state index >= 15 is 0 Å². The van der Waals surface area contributed by atoms with Crippen LogP contribution >= 0.6 is 0 Å². The molecule has 0 spiro atoms. The second kappa shape index (κ2) is 12.2. The number of benzene rings is 1. The van der Waals surface area contributed by atoms with Gasteiger partial charge in [0.25, 0.3) is 5.91 Å². The van der Waals surface area contributed by atoms with Crippen molar-refractivity contribution in [2.75, 3.05) is 26.3 Å². The summed E-state index contributed by atoms with van der Waals surface area (Å²) in [5, 5.41) is 3.49. The van der Waals surface area contributed by atoms with Crippen molar-refractivity contribution in [3.05, 3.63) is 35.4 Å². The molecule has 2 rings (SSSR count). The summed E-state index contributed by atoms with van der Waals surface area (Å²) < 4.78 is 16.1. The number of nitrogens with zero attached hydrogens (tertiary/aromatic N) is 2. The van der Waals surface area contributed by atoms with E-state index in [-0.39, 0.29) is 24.6 Å². The van der Waals surface area contributed by atoms with Crippen LogP contribution in [-0.4, -0.2) is 61.5 Å². The summed E-state index contributed by atoms with van der Waals surface area (Å²) in [6.45, 7) is 5.30. The van der Waals surface area contributed by atoms with Crippen LogP contribution in [0.25, 0.3) is 0 Å². The normalized spacial score (nSPS) is 16.0. The number of hydrogen-bond donors (Lipinski definition) is 1. The first-order valence-electron chi connectivity index (χ1n) is 9.69. The summed E-state index contributed by atoms with van der Waals surface area (Å²) >= 11 is 0. The maximum Gasteiger partial charge on any atom is 0.332 e. The third-order valence-corrected chi connectivity index (χ3v) is 4.59. The summed E-state index contributed by atoms with van der Waals surface area (Å²) in [6.07, 6.45) is 2.29. The van der Waals surface area contributed by atoms with Crippen LogP contribution in [0.5, 0.6) is 0 Å². The van der Waals surface area contributed by atoms with Gasteiger partial charge in [0.15, 0.2) is 0 Å². The lowest BCUT2D eigenvalue weighted by Gasteiger charge is -2.33. The second-order valence-corrected chi connectivity index (χ2v) is 6.68. The van der Waals surface area contributed by atoms with E-state index < -0.39 is 6.10 Å². The minimum absolute atomic E-state index is 0.0357. The van der Waals surface area contributed by atoms with Crippen LogP contribution in [0.3, 0.4) is 0 Å². The lowest BCUT2D eigenvalue weighted by molar-refractivity contribution is -0.154. The van der Waals surface area contributed by atoms with Gasteiger partial charge in [-0.15, -0.1) is 5.90 Å². The number of likely N-dealkylation sites (tertiary alicyclic amines) is 1. The molecule has 9 nitrogen and oxygen atoms in total. The maximum absolute atomic E-state index is 12.6. The number of rotatable bonds is 10. The zero-order valence-electron chi connectivity index (χ0n) is 16.9. The van der Waals surface area contributed by atoms with Crippen molar-refractivity contribution in [1.82, 2.24) is 4.90 Å². The van der Waals surface area contributed by atoms with E-state index in [2.05, 4.69) is 10.1 Å². The van der Waals surface area contributed by atoms with Crippen molar-refractivity contribution in [3.8, 4) is 0 Å². The highest BCUT2D eigenvalue weighted by Gasteiger charge is 2.27. The molecule has 1 saturated heterocycles. The first-order chi connectivity index (χ1) is 14.0. The van der Waals surface area contributed by atoms with Gasteiger partial charge in [0, 0.05) is 13.1 Å². The topological polar surface area (TPSA) is 113 Å². The zero-order chi connectivity index (χ0) is 21.1. The van der Waals surface area contributed by atoms with E-state index in [1.807, 2.05) is 24.3 Å². The molecule has 1 aromatic carbocycles. The average molecular weight is 407 g/mol. The quantitative estimate of drug-likeness (QED) is 0.354. The molecule has 1 amide bonds. The number of ether oxygens (including phenoxy) is 3. The smallest absolute Gasteiger partial charge is 0.332 e. The van der Waals surface area contributed by atoms with Gasteiger partial charge in [0.2, 0.25) is 0 Å². The Bertz CT molecular complexity index is 671. The van der Waals surface area contributed by atoms with Gasteiger partial charge >= 0.3 is 5.97 Å². The molecule has 9 heteroatoms. The first kappa shape index (κ1) is 22.8. The molecule has 0 unspecified atom stereocenters. The van der Waals surface area contributed by atoms with E-state index in [0.717, 1.165) is 11.1 Å². The molecule has 1 aliphatic heterocycles. The number of piperidine rings is 1. The summed E-state index contributed by atoms with van der Waals surface area (Å²) in [4.78, 5) is 29.9. The van der Waals surface area contributed by atoms with Gasteiger partial charge in [-0.1, -0.05) is 29.4 Å². The van der Waals surface area contributed by atoms with E-state index in [9.17, 15) is 9.59 Å². The molecule has 0 aromatic heterocycles. The maximum atomic E-state index is 12.6.